The molecule has 0 atom stereocenters. The Morgan fingerprint density at radius 1 is 1.20 bits per heavy atom. The highest BCUT2D eigenvalue weighted by atomic mass is 79.9. The van der Waals surface area contributed by atoms with E-state index in [4.69, 9.17) is 14.0 Å². The molecule has 20 heavy (non-hydrogen) atoms. The normalized spacial score (nSPS) is 20.0. The van der Waals surface area contributed by atoms with Gasteiger partial charge in [0.1, 0.15) is 5.75 Å². The first-order valence-electron chi connectivity index (χ1n) is 6.46. The van der Waals surface area contributed by atoms with Crippen molar-refractivity contribution in [3.05, 3.63) is 22.7 Å². The van der Waals surface area contributed by atoms with Gasteiger partial charge in [-0.15, -0.1) is 0 Å². The second-order valence-corrected chi connectivity index (χ2v) is 6.73. The van der Waals surface area contributed by atoms with Gasteiger partial charge in [0.05, 0.1) is 15.7 Å². The summed E-state index contributed by atoms with van der Waals surface area (Å²) < 4.78 is 17.8. The topological polar surface area (TPSA) is 44.8 Å². The summed E-state index contributed by atoms with van der Waals surface area (Å²) in [5.74, 6) is 0.0986. The molecule has 4 nitrogen and oxygen atoms in total. The van der Waals surface area contributed by atoms with Crippen LogP contribution in [0.3, 0.4) is 0 Å². The first kappa shape index (κ1) is 15.5. The predicted molar refractivity (Wildman–Crippen MR) is 81.2 cm³/mol. The maximum atomic E-state index is 11.1. The maximum Gasteiger partial charge on any atom is 0.494 e. The Bertz CT molecular complexity index is 526. The number of carbonyl (C=O) groups is 1. The number of ether oxygens (including phenoxy) is 1. The van der Waals surface area contributed by atoms with E-state index in [9.17, 15) is 4.79 Å². The summed E-state index contributed by atoms with van der Waals surface area (Å²) in [6, 6.07) is 5.46. The molecular weight excluding hydrogens is 323 g/mol. The van der Waals surface area contributed by atoms with Gasteiger partial charge in [0.25, 0.3) is 0 Å². The van der Waals surface area contributed by atoms with E-state index in [1.807, 2.05) is 39.8 Å². The Hall–Kier alpha value is -0.845. The van der Waals surface area contributed by atoms with Crippen molar-refractivity contribution in [3.63, 3.8) is 0 Å². The Kier molecular flexibility index (Phi) is 4.02. The van der Waals surface area contributed by atoms with E-state index in [0.29, 0.717) is 10.2 Å². The molecule has 0 radical (unpaired) electrons. The van der Waals surface area contributed by atoms with Crippen molar-refractivity contribution in [2.45, 2.75) is 45.8 Å². The SMILES string of the molecule is CC(=O)Oc1cc(B2OC(C)(C)C(C)(C)O2)ccc1Br. The zero-order valence-corrected chi connectivity index (χ0v) is 13.9. The Balaban J connectivity index is 2.29. The van der Waals surface area contributed by atoms with Gasteiger partial charge in [-0.1, -0.05) is 6.07 Å². The van der Waals surface area contributed by atoms with Crippen molar-refractivity contribution < 1.29 is 18.8 Å². The van der Waals surface area contributed by atoms with E-state index in [0.717, 1.165) is 5.46 Å². The van der Waals surface area contributed by atoms with Crippen LogP contribution in [0.5, 0.6) is 5.75 Å². The second kappa shape index (κ2) is 5.17. The van der Waals surface area contributed by atoms with Gasteiger partial charge in [-0.3, -0.25) is 4.79 Å². The van der Waals surface area contributed by atoms with Crippen LogP contribution in [-0.2, 0) is 14.1 Å². The molecule has 0 saturated carbocycles. The maximum absolute atomic E-state index is 11.1. The molecule has 108 valence electrons. The van der Waals surface area contributed by atoms with Gasteiger partial charge in [0.15, 0.2) is 0 Å². The van der Waals surface area contributed by atoms with E-state index >= 15 is 0 Å². The van der Waals surface area contributed by atoms with Crippen molar-refractivity contribution in [1.82, 2.24) is 0 Å². The Morgan fingerprint density at radius 2 is 1.75 bits per heavy atom. The molecule has 6 heteroatoms. The molecule has 1 fully saturated rings. The molecule has 1 aliphatic rings. The summed E-state index contributed by atoms with van der Waals surface area (Å²) in [6.45, 7) is 9.36. The Labute approximate surface area is 128 Å². The third kappa shape index (κ3) is 2.92. The number of carbonyl (C=O) groups excluding carboxylic acids is 1. The third-order valence-electron chi connectivity index (χ3n) is 3.73. The van der Waals surface area contributed by atoms with E-state index < -0.39 is 18.3 Å². The monoisotopic (exact) mass is 340 g/mol. The minimum absolute atomic E-state index is 0.364. The molecule has 0 aliphatic carbocycles. The van der Waals surface area contributed by atoms with Gasteiger partial charge < -0.3 is 14.0 Å². The smallest absolute Gasteiger partial charge is 0.426 e. The zero-order chi connectivity index (χ0) is 15.1. The molecule has 0 N–H and O–H groups in total. The molecule has 2 rings (SSSR count). The number of esters is 1. The molecule has 0 aromatic heterocycles. The van der Waals surface area contributed by atoms with Crippen LogP contribution in [0.4, 0.5) is 0 Å². The van der Waals surface area contributed by atoms with Crippen molar-refractivity contribution in [2.75, 3.05) is 0 Å². The van der Waals surface area contributed by atoms with Crippen LogP contribution in [0.2, 0.25) is 0 Å². The standard InChI is InChI=1S/C14H18BBrO4/c1-9(17)18-12-8-10(6-7-11(12)16)15-19-13(2,3)14(4,5)20-15/h6-8H,1-5H3. The zero-order valence-electron chi connectivity index (χ0n) is 12.3. The van der Waals surface area contributed by atoms with Crippen LogP contribution in [0, 0.1) is 0 Å². The summed E-state index contributed by atoms with van der Waals surface area (Å²) in [5.41, 5.74) is 0.0293. The molecule has 0 amide bonds. The van der Waals surface area contributed by atoms with Crippen molar-refractivity contribution in [1.29, 1.82) is 0 Å². The average molecular weight is 341 g/mol. The van der Waals surface area contributed by atoms with Crippen LogP contribution in [0.25, 0.3) is 0 Å². The minimum atomic E-state index is -0.470. The molecule has 1 heterocycles. The van der Waals surface area contributed by atoms with Gasteiger partial charge in [-0.25, -0.2) is 0 Å². The van der Waals surface area contributed by atoms with E-state index in [2.05, 4.69) is 15.9 Å². The first-order chi connectivity index (χ1) is 9.12. The lowest BCUT2D eigenvalue weighted by Gasteiger charge is -2.32. The summed E-state index contributed by atoms with van der Waals surface area (Å²) >= 11 is 3.35. The average Bonchev–Trinajstić information content (AvgIpc) is 2.50. The summed E-state index contributed by atoms with van der Waals surface area (Å²) in [5, 5.41) is 0. The number of hydrogen-bond acceptors (Lipinski definition) is 4. The van der Waals surface area contributed by atoms with Crippen molar-refractivity contribution >= 4 is 34.5 Å². The molecule has 1 aliphatic heterocycles. The van der Waals surface area contributed by atoms with Crippen molar-refractivity contribution in [2.24, 2.45) is 0 Å². The van der Waals surface area contributed by atoms with Gasteiger partial charge >= 0.3 is 13.1 Å². The van der Waals surface area contributed by atoms with Crippen LogP contribution >= 0.6 is 15.9 Å². The fourth-order valence-corrected chi connectivity index (χ4v) is 2.21. The number of rotatable bonds is 2. The lowest BCUT2D eigenvalue weighted by Crippen LogP contribution is -2.41. The molecule has 1 aromatic rings. The van der Waals surface area contributed by atoms with Gasteiger partial charge in [0, 0.05) is 6.92 Å². The molecule has 0 unspecified atom stereocenters. The molecule has 0 bridgehead atoms. The van der Waals surface area contributed by atoms with Crippen molar-refractivity contribution in [3.8, 4) is 5.75 Å². The number of halogens is 1. The highest BCUT2D eigenvalue weighted by Gasteiger charge is 2.51. The summed E-state index contributed by atoms with van der Waals surface area (Å²) in [7, 11) is -0.470. The quantitative estimate of drug-likeness (QED) is 0.471. The minimum Gasteiger partial charge on any atom is -0.426 e. The summed E-state index contributed by atoms with van der Waals surface area (Å²) in [6.07, 6.45) is 0. The third-order valence-corrected chi connectivity index (χ3v) is 4.39. The second-order valence-electron chi connectivity index (χ2n) is 5.87. The fourth-order valence-electron chi connectivity index (χ4n) is 1.88. The van der Waals surface area contributed by atoms with E-state index in [1.54, 1.807) is 6.07 Å². The molecular formula is C14H18BBrO4. The first-order valence-corrected chi connectivity index (χ1v) is 7.25. The molecule has 1 aromatic carbocycles. The Morgan fingerprint density at radius 3 is 2.25 bits per heavy atom. The number of hydrogen-bond donors (Lipinski definition) is 0. The van der Waals surface area contributed by atoms with Gasteiger partial charge in [0.2, 0.25) is 0 Å². The van der Waals surface area contributed by atoms with Crippen LogP contribution in [0.1, 0.15) is 34.6 Å². The van der Waals surface area contributed by atoms with Crippen LogP contribution < -0.4 is 10.2 Å². The van der Waals surface area contributed by atoms with Crippen LogP contribution in [0.15, 0.2) is 22.7 Å². The predicted octanol–water partition coefficient (Wildman–Crippen LogP) is 2.67. The number of benzene rings is 1. The van der Waals surface area contributed by atoms with Crippen LogP contribution in [-0.4, -0.2) is 24.3 Å². The molecule has 0 spiro atoms. The lowest BCUT2D eigenvalue weighted by atomic mass is 9.79. The highest BCUT2D eigenvalue weighted by Crippen LogP contribution is 2.37. The fraction of sp³-hybridized carbons (Fsp3) is 0.500. The largest absolute Gasteiger partial charge is 0.494 e. The highest BCUT2D eigenvalue weighted by molar-refractivity contribution is 9.10. The lowest BCUT2D eigenvalue weighted by molar-refractivity contribution is -0.131. The van der Waals surface area contributed by atoms with E-state index in [1.165, 1.54) is 6.92 Å². The van der Waals surface area contributed by atoms with E-state index in [-0.39, 0.29) is 5.97 Å². The summed E-state index contributed by atoms with van der Waals surface area (Å²) in [4.78, 5) is 11.1. The van der Waals surface area contributed by atoms with Gasteiger partial charge in [-0.2, -0.15) is 0 Å². The van der Waals surface area contributed by atoms with Gasteiger partial charge in [-0.05, 0) is 61.2 Å². The molecule has 1 saturated heterocycles.